The summed E-state index contributed by atoms with van der Waals surface area (Å²) in [7, 11) is 1.51. The molecule has 2 heterocycles. The second-order valence-electron chi connectivity index (χ2n) is 3.88. The van der Waals surface area contributed by atoms with E-state index in [0.717, 1.165) is 16.9 Å². The van der Waals surface area contributed by atoms with Crippen molar-refractivity contribution >= 4 is 17.2 Å². The third-order valence-electron chi connectivity index (χ3n) is 2.51. The number of nitrogens with one attached hydrogen (secondary N) is 1. The van der Waals surface area contributed by atoms with Crippen LogP contribution in [-0.2, 0) is 6.54 Å². The largest absolute Gasteiger partial charge is 0.481 e. The summed E-state index contributed by atoms with van der Waals surface area (Å²) in [5.41, 5.74) is 0.761. The number of carbonyl (C=O) groups is 1. The van der Waals surface area contributed by atoms with Gasteiger partial charge >= 0.3 is 6.61 Å². The van der Waals surface area contributed by atoms with E-state index in [1.54, 1.807) is 18.3 Å². The maximum absolute atomic E-state index is 12.2. The molecule has 21 heavy (non-hydrogen) atoms. The number of nitrogens with zero attached hydrogens (tertiary/aromatic N) is 1. The molecule has 0 bridgehead atoms. The molecular weight excluding hydrogens is 302 g/mol. The molecule has 0 aromatic carbocycles. The van der Waals surface area contributed by atoms with E-state index < -0.39 is 12.5 Å². The molecule has 2 rings (SSSR count). The molecule has 0 aliphatic carbocycles. The Bertz CT molecular complexity index is 602. The molecule has 112 valence electrons. The molecule has 0 aliphatic heterocycles. The first-order valence-corrected chi connectivity index (χ1v) is 6.77. The Kier molecular flexibility index (Phi) is 5.04. The van der Waals surface area contributed by atoms with Crippen molar-refractivity contribution in [1.29, 1.82) is 0 Å². The number of hydrogen-bond acceptors (Lipinski definition) is 5. The van der Waals surface area contributed by atoms with Gasteiger partial charge in [0.25, 0.3) is 5.91 Å². The van der Waals surface area contributed by atoms with E-state index in [0.29, 0.717) is 5.88 Å². The minimum Gasteiger partial charge on any atom is -0.481 e. The van der Waals surface area contributed by atoms with Crippen molar-refractivity contribution < 1.29 is 23.0 Å². The zero-order valence-electron chi connectivity index (χ0n) is 11.0. The Morgan fingerprint density at radius 1 is 1.43 bits per heavy atom. The monoisotopic (exact) mass is 314 g/mol. The summed E-state index contributed by atoms with van der Waals surface area (Å²) in [4.78, 5) is 16.0. The molecule has 0 aliphatic rings. The molecule has 1 amide bonds. The summed E-state index contributed by atoms with van der Waals surface area (Å²) in [6.07, 6.45) is 1.56. The van der Waals surface area contributed by atoms with Gasteiger partial charge in [-0.3, -0.25) is 4.79 Å². The van der Waals surface area contributed by atoms with Gasteiger partial charge in [0.2, 0.25) is 5.88 Å². The number of rotatable bonds is 6. The molecule has 1 N–H and O–H groups in total. The summed E-state index contributed by atoms with van der Waals surface area (Å²) in [5, 5.41) is 4.13. The number of ether oxygens (including phenoxy) is 2. The van der Waals surface area contributed by atoms with E-state index in [1.807, 2.05) is 0 Å². The summed E-state index contributed by atoms with van der Waals surface area (Å²) < 4.78 is 33.6. The van der Waals surface area contributed by atoms with Crippen LogP contribution < -0.4 is 14.8 Å². The number of methoxy groups -OCH3 is 1. The maximum Gasteiger partial charge on any atom is 0.387 e. The average molecular weight is 314 g/mol. The fourth-order valence-electron chi connectivity index (χ4n) is 1.55. The van der Waals surface area contributed by atoms with Crippen molar-refractivity contribution in [3.8, 4) is 11.6 Å². The molecular formula is C13H12F2N2O3S. The third kappa shape index (κ3) is 4.12. The second-order valence-corrected chi connectivity index (χ2v) is 4.80. The highest BCUT2D eigenvalue weighted by Crippen LogP contribution is 2.26. The topological polar surface area (TPSA) is 60.5 Å². The predicted molar refractivity (Wildman–Crippen MR) is 72.9 cm³/mol. The molecule has 5 nitrogen and oxygen atoms in total. The number of halogens is 2. The summed E-state index contributed by atoms with van der Waals surface area (Å²) >= 11 is 1.03. The first-order valence-electron chi connectivity index (χ1n) is 5.89. The van der Waals surface area contributed by atoms with Crippen LogP contribution in [0.25, 0.3) is 0 Å². The lowest BCUT2D eigenvalue weighted by atomic mass is 10.3. The number of alkyl halides is 2. The number of pyridine rings is 1. The van der Waals surface area contributed by atoms with Crippen LogP contribution >= 0.6 is 11.3 Å². The van der Waals surface area contributed by atoms with Crippen LogP contribution in [-0.4, -0.2) is 24.6 Å². The molecule has 0 spiro atoms. The molecule has 0 radical (unpaired) electrons. The van der Waals surface area contributed by atoms with Gasteiger partial charge in [-0.15, -0.1) is 11.3 Å². The number of carbonyl (C=O) groups excluding carboxylic acids is 1. The maximum atomic E-state index is 12.2. The SMILES string of the molecule is COc1ccc(CNC(=O)c2sccc2OC(F)F)cn1. The standard InChI is InChI=1S/C13H12F2N2O3S/c1-19-10-3-2-8(6-16-10)7-17-12(18)11-9(4-5-21-11)20-13(14)15/h2-6,13H,7H2,1H3,(H,17,18). The van der Waals surface area contributed by atoms with E-state index in [4.69, 9.17) is 4.74 Å². The second kappa shape index (κ2) is 6.98. The third-order valence-corrected chi connectivity index (χ3v) is 3.41. The number of hydrogen-bond donors (Lipinski definition) is 1. The first kappa shape index (κ1) is 15.2. The van der Waals surface area contributed by atoms with Gasteiger partial charge in [0, 0.05) is 18.8 Å². The van der Waals surface area contributed by atoms with Gasteiger partial charge in [0.05, 0.1) is 7.11 Å². The van der Waals surface area contributed by atoms with Crippen molar-refractivity contribution in [3.05, 3.63) is 40.2 Å². The van der Waals surface area contributed by atoms with Crippen molar-refractivity contribution in [2.24, 2.45) is 0 Å². The molecule has 2 aromatic heterocycles. The van der Waals surface area contributed by atoms with Crippen LogP contribution in [0.4, 0.5) is 8.78 Å². The highest BCUT2D eigenvalue weighted by Gasteiger charge is 2.17. The highest BCUT2D eigenvalue weighted by molar-refractivity contribution is 7.12. The Hall–Kier alpha value is -2.22. The Morgan fingerprint density at radius 2 is 2.24 bits per heavy atom. The molecule has 0 saturated carbocycles. The van der Waals surface area contributed by atoms with E-state index in [2.05, 4.69) is 15.0 Å². The number of aromatic nitrogens is 1. The summed E-state index contributed by atoms with van der Waals surface area (Å²) in [5.74, 6) is -0.132. The lowest BCUT2D eigenvalue weighted by Crippen LogP contribution is -2.22. The van der Waals surface area contributed by atoms with Gasteiger partial charge in [-0.25, -0.2) is 4.98 Å². The molecule has 2 aromatic rings. The van der Waals surface area contributed by atoms with Crippen LogP contribution in [0.2, 0.25) is 0 Å². The van der Waals surface area contributed by atoms with Crippen molar-refractivity contribution in [2.45, 2.75) is 13.2 Å². The fourth-order valence-corrected chi connectivity index (χ4v) is 2.29. The van der Waals surface area contributed by atoms with E-state index >= 15 is 0 Å². The predicted octanol–water partition coefficient (Wildman–Crippen LogP) is 2.68. The molecule has 0 saturated heterocycles. The minimum atomic E-state index is -2.96. The molecule has 0 unspecified atom stereocenters. The van der Waals surface area contributed by atoms with Gasteiger partial charge in [-0.05, 0) is 17.0 Å². The van der Waals surface area contributed by atoms with Gasteiger partial charge in [-0.2, -0.15) is 8.78 Å². The number of thiophene rings is 1. The van der Waals surface area contributed by atoms with Crippen molar-refractivity contribution in [3.63, 3.8) is 0 Å². The normalized spacial score (nSPS) is 10.5. The lowest BCUT2D eigenvalue weighted by Gasteiger charge is -2.07. The molecule has 0 atom stereocenters. The van der Waals surface area contributed by atoms with Gasteiger partial charge in [-0.1, -0.05) is 6.07 Å². The smallest absolute Gasteiger partial charge is 0.387 e. The minimum absolute atomic E-state index is 0.108. The van der Waals surface area contributed by atoms with Crippen molar-refractivity contribution in [1.82, 2.24) is 10.3 Å². The van der Waals surface area contributed by atoms with Crippen LogP contribution in [0.5, 0.6) is 11.6 Å². The zero-order valence-corrected chi connectivity index (χ0v) is 11.8. The Morgan fingerprint density at radius 3 is 2.86 bits per heavy atom. The summed E-state index contributed by atoms with van der Waals surface area (Å²) in [6, 6.07) is 4.75. The van der Waals surface area contributed by atoms with E-state index in [-0.39, 0.29) is 17.2 Å². The quantitative estimate of drug-likeness (QED) is 0.890. The highest BCUT2D eigenvalue weighted by atomic mass is 32.1. The van der Waals surface area contributed by atoms with Crippen LogP contribution in [0.1, 0.15) is 15.2 Å². The van der Waals surface area contributed by atoms with Gasteiger partial charge in [0.1, 0.15) is 10.6 Å². The van der Waals surface area contributed by atoms with Gasteiger partial charge in [0.15, 0.2) is 0 Å². The fraction of sp³-hybridized carbons (Fsp3) is 0.231. The van der Waals surface area contributed by atoms with Crippen LogP contribution in [0.15, 0.2) is 29.8 Å². The van der Waals surface area contributed by atoms with Crippen molar-refractivity contribution in [2.75, 3.05) is 7.11 Å². The summed E-state index contributed by atoms with van der Waals surface area (Å²) in [6.45, 7) is -2.74. The van der Waals surface area contributed by atoms with E-state index in [1.165, 1.54) is 18.6 Å². The molecule has 8 heteroatoms. The van der Waals surface area contributed by atoms with Gasteiger partial charge < -0.3 is 14.8 Å². The molecule has 0 fully saturated rings. The zero-order chi connectivity index (χ0) is 15.2. The Balaban J connectivity index is 1.96. The Labute approximate surface area is 123 Å². The first-order chi connectivity index (χ1) is 10.1. The number of amides is 1. The average Bonchev–Trinajstić information content (AvgIpc) is 2.92. The van der Waals surface area contributed by atoms with Crippen LogP contribution in [0, 0.1) is 0 Å². The lowest BCUT2D eigenvalue weighted by molar-refractivity contribution is -0.0498. The van der Waals surface area contributed by atoms with Crippen LogP contribution in [0.3, 0.4) is 0 Å². The van der Waals surface area contributed by atoms with E-state index in [9.17, 15) is 13.6 Å².